The van der Waals surface area contributed by atoms with Crippen molar-refractivity contribution in [2.24, 2.45) is 5.73 Å². The van der Waals surface area contributed by atoms with Crippen LogP contribution in [-0.4, -0.2) is 22.5 Å². The van der Waals surface area contributed by atoms with Crippen LogP contribution in [0.4, 0.5) is 0 Å². The van der Waals surface area contributed by atoms with E-state index < -0.39 is 0 Å². The number of ether oxygens (including phenoxy) is 1. The molecular formula is C16H23N3O. The van der Waals surface area contributed by atoms with Crippen molar-refractivity contribution in [3.63, 3.8) is 0 Å². The molecule has 0 saturated carbocycles. The largest absolute Gasteiger partial charge is 0.376 e. The number of para-hydroxylation sites is 1. The van der Waals surface area contributed by atoms with Gasteiger partial charge in [0.05, 0.1) is 23.0 Å². The van der Waals surface area contributed by atoms with Gasteiger partial charge in [-0.05, 0) is 31.0 Å². The van der Waals surface area contributed by atoms with Crippen molar-refractivity contribution >= 4 is 0 Å². The van der Waals surface area contributed by atoms with Crippen molar-refractivity contribution < 1.29 is 4.74 Å². The van der Waals surface area contributed by atoms with E-state index in [4.69, 9.17) is 10.5 Å². The number of aromatic nitrogens is 2. The Labute approximate surface area is 120 Å². The fraction of sp³-hybridized carbons (Fsp3) is 0.438. The summed E-state index contributed by atoms with van der Waals surface area (Å²) in [7, 11) is 1.73. The van der Waals surface area contributed by atoms with Gasteiger partial charge >= 0.3 is 0 Å². The summed E-state index contributed by atoms with van der Waals surface area (Å²) < 4.78 is 7.64. The van der Waals surface area contributed by atoms with E-state index in [1.54, 1.807) is 13.3 Å². The molecular weight excluding hydrogens is 250 g/mol. The van der Waals surface area contributed by atoms with Crippen LogP contribution in [0.15, 0.2) is 42.6 Å². The molecule has 0 saturated heterocycles. The van der Waals surface area contributed by atoms with Crippen LogP contribution in [0.25, 0.3) is 5.69 Å². The number of nitrogens with zero attached hydrogens (tertiary/aromatic N) is 2. The first-order valence-electron chi connectivity index (χ1n) is 7.08. The molecule has 0 aliphatic rings. The number of hydrogen-bond donors (Lipinski definition) is 1. The molecule has 108 valence electrons. The third kappa shape index (κ3) is 2.49. The summed E-state index contributed by atoms with van der Waals surface area (Å²) in [6.45, 7) is 4.21. The summed E-state index contributed by atoms with van der Waals surface area (Å²) in [6, 6.07) is 11.8. The maximum Gasteiger partial charge on any atom is 0.0880 e. The molecule has 4 heteroatoms. The standard InChI is InChI=1S/C16H23N3O/c1-4-16(5-2,20-3)15(17)14-11-12-18-19(14)13-9-7-6-8-10-13/h6-12,15H,4-5,17H2,1-3H3. The van der Waals surface area contributed by atoms with Crippen LogP contribution in [0, 0.1) is 0 Å². The van der Waals surface area contributed by atoms with Gasteiger partial charge in [0.25, 0.3) is 0 Å². The zero-order chi connectivity index (χ0) is 14.6. The molecule has 0 spiro atoms. The minimum Gasteiger partial charge on any atom is -0.376 e. The highest BCUT2D eigenvalue weighted by molar-refractivity contribution is 5.33. The second-order valence-corrected chi connectivity index (χ2v) is 4.96. The van der Waals surface area contributed by atoms with Gasteiger partial charge in [0, 0.05) is 13.3 Å². The van der Waals surface area contributed by atoms with Crippen LogP contribution in [0.1, 0.15) is 38.4 Å². The summed E-state index contributed by atoms with van der Waals surface area (Å²) in [5.74, 6) is 0. The molecule has 0 amide bonds. The molecule has 2 N–H and O–H groups in total. The molecule has 0 bridgehead atoms. The predicted molar refractivity (Wildman–Crippen MR) is 80.8 cm³/mol. The van der Waals surface area contributed by atoms with Crippen LogP contribution >= 0.6 is 0 Å². The first-order valence-corrected chi connectivity index (χ1v) is 7.08. The lowest BCUT2D eigenvalue weighted by Crippen LogP contribution is -2.43. The summed E-state index contributed by atoms with van der Waals surface area (Å²) in [6.07, 6.45) is 3.51. The number of hydrogen-bond acceptors (Lipinski definition) is 3. The van der Waals surface area contributed by atoms with Crippen LogP contribution < -0.4 is 5.73 Å². The number of rotatable bonds is 6. The van der Waals surface area contributed by atoms with E-state index in [-0.39, 0.29) is 11.6 Å². The third-order valence-electron chi connectivity index (χ3n) is 4.16. The highest BCUT2D eigenvalue weighted by Crippen LogP contribution is 2.33. The molecule has 1 atom stereocenters. The summed E-state index contributed by atoms with van der Waals surface area (Å²) >= 11 is 0. The second kappa shape index (κ2) is 6.20. The van der Waals surface area contributed by atoms with Crippen molar-refractivity contribution in [1.29, 1.82) is 0 Å². The van der Waals surface area contributed by atoms with E-state index in [9.17, 15) is 0 Å². The smallest absolute Gasteiger partial charge is 0.0880 e. The van der Waals surface area contributed by atoms with Crippen LogP contribution in [0.3, 0.4) is 0 Å². The summed E-state index contributed by atoms with van der Waals surface area (Å²) in [4.78, 5) is 0. The van der Waals surface area contributed by atoms with Gasteiger partial charge in [-0.3, -0.25) is 0 Å². The zero-order valence-electron chi connectivity index (χ0n) is 12.4. The molecule has 0 aliphatic heterocycles. The lowest BCUT2D eigenvalue weighted by atomic mass is 9.86. The first-order chi connectivity index (χ1) is 9.68. The van der Waals surface area contributed by atoms with Crippen LogP contribution in [-0.2, 0) is 4.74 Å². The molecule has 2 rings (SSSR count). The van der Waals surface area contributed by atoms with Gasteiger partial charge < -0.3 is 10.5 Å². The fourth-order valence-electron chi connectivity index (χ4n) is 2.71. The van der Waals surface area contributed by atoms with E-state index in [2.05, 4.69) is 18.9 Å². The fourth-order valence-corrected chi connectivity index (χ4v) is 2.71. The second-order valence-electron chi connectivity index (χ2n) is 4.96. The molecule has 4 nitrogen and oxygen atoms in total. The Bertz CT molecular complexity index is 523. The highest BCUT2D eigenvalue weighted by atomic mass is 16.5. The lowest BCUT2D eigenvalue weighted by molar-refractivity contribution is -0.0400. The summed E-state index contributed by atoms with van der Waals surface area (Å²) in [5.41, 5.74) is 8.14. The highest BCUT2D eigenvalue weighted by Gasteiger charge is 2.36. The molecule has 1 aromatic carbocycles. The number of benzene rings is 1. The minimum atomic E-state index is -0.355. The molecule has 1 aromatic heterocycles. The van der Waals surface area contributed by atoms with E-state index in [0.717, 1.165) is 24.2 Å². The van der Waals surface area contributed by atoms with Crippen LogP contribution in [0.5, 0.6) is 0 Å². The quantitative estimate of drug-likeness (QED) is 0.880. The maximum atomic E-state index is 6.50. The van der Waals surface area contributed by atoms with Gasteiger partial charge in [0.15, 0.2) is 0 Å². The van der Waals surface area contributed by atoms with Crippen molar-refractivity contribution in [1.82, 2.24) is 9.78 Å². The Morgan fingerprint density at radius 3 is 2.40 bits per heavy atom. The van der Waals surface area contributed by atoms with Gasteiger partial charge in [0.1, 0.15) is 0 Å². The Hall–Kier alpha value is -1.65. The molecule has 0 fully saturated rings. The van der Waals surface area contributed by atoms with Crippen molar-refractivity contribution in [3.8, 4) is 5.69 Å². The molecule has 20 heavy (non-hydrogen) atoms. The first kappa shape index (κ1) is 14.8. The van der Waals surface area contributed by atoms with Gasteiger partial charge in [-0.1, -0.05) is 32.0 Å². The Morgan fingerprint density at radius 2 is 1.85 bits per heavy atom. The van der Waals surface area contributed by atoms with Crippen molar-refractivity contribution in [2.45, 2.75) is 38.3 Å². The summed E-state index contributed by atoms with van der Waals surface area (Å²) in [5, 5.41) is 4.41. The predicted octanol–water partition coefficient (Wildman–Crippen LogP) is 3.08. The number of methoxy groups -OCH3 is 1. The van der Waals surface area contributed by atoms with Gasteiger partial charge in [-0.15, -0.1) is 0 Å². The zero-order valence-corrected chi connectivity index (χ0v) is 12.4. The molecule has 1 unspecified atom stereocenters. The topological polar surface area (TPSA) is 53.1 Å². The van der Waals surface area contributed by atoms with Crippen LogP contribution in [0.2, 0.25) is 0 Å². The Kier molecular flexibility index (Phi) is 4.57. The minimum absolute atomic E-state index is 0.217. The lowest BCUT2D eigenvalue weighted by Gasteiger charge is -2.36. The Balaban J connectivity index is 2.42. The maximum absolute atomic E-state index is 6.50. The molecule has 2 aromatic rings. The molecule has 1 heterocycles. The monoisotopic (exact) mass is 273 g/mol. The van der Waals surface area contributed by atoms with E-state index in [1.807, 2.05) is 41.1 Å². The normalized spacial score (nSPS) is 13.4. The van der Waals surface area contributed by atoms with E-state index >= 15 is 0 Å². The Morgan fingerprint density at radius 1 is 1.20 bits per heavy atom. The van der Waals surface area contributed by atoms with Gasteiger partial charge in [-0.25, -0.2) is 4.68 Å². The van der Waals surface area contributed by atoms with Gasteiger partial charge in [-0.2, -0.15) is 5.10 Å². The molecule has 0 radical (unpaired) electrons. The van der Waals surface area contributed by atoms with E-state index in [1.165, 1.54) is 0 Å². The van der Waals surface area contributed by atoms with Gasteiger partial charge in [0.2, 0.25) is 0 Å². The average Bonchev–Trinajstić information content (AvgIpc) is 2.99. The van der Waals surface area contributed by atoms with Crippen molar-refractivity contribution in [2.75, 3.05) is 7.11 Å². The SMILES string of the molecule is CCC(CC)(OC)C(N)c1ccnn1-c1ccccc1. The van der Waals surface area contributed by atoms with E-state index in [0.29, 0.717) is 0 Å². The molecule has 0 aliphatic carbocycles. The average molecular weight is 273 g/mol. The van der Waals surface area contributed by atoms with Crippen molar-refractivity contribution in [3.05, 3.63) is 48.3 Å². The number of nitrogens with two attached hydrogens (primary N) is 1. The third-order valence-corrected chi connectivity index (χ3v) is 4.16.